The van der Waals surface area contributed by atoms with Crippen molar-refractivity contribution in [2.45, 2.75) is 25.2 Å². The normalized spacial score (nSPS) is 31.3. The maximum absolute atomic E-state index is 13.4. The molecule has 33 heavy (non-hydrogen) atoms. The van der Waals surface area contributed by atoms with Crippen molar-refractivity contribution in [2.75, 3.05) is 4.90 Å². The number of benzene rings is 2. The summed E-state index contributed by atoms with van der Waals surface area (Å²) in [6.45, 7) is 1.44. The molecule has 2 aromatic rings. The van der Waals surface area contributed by atoms with Crippen molar-refractivity contribution in [3.8, 4) is 0 Å². The number of carbonyl (C=O) groups is 3. The second-order valence-corrected chi connectivity index (χ2v) is 8.61. The van der Waals surface area contributed by atoms with E-state index in [-0.39, 0.29) is 23.3 Å². The van der Waals surface area contributed by atoms with E-state index in [1.165, 1.54) is 19.1 Å². The number of ether oxygens (including phenoxy) is 1. The number of oxime groups is 1. The highest BCUT2D eigenvalue weighted by atomic mass is 16.7. The quantitative estimate of drug-likeness (QED) is 0.304. The van der Waals surface area contributed by atoms with Crippen LogP contribution in [0.1, 0.15) is 22.8 Å². The summed E-state index contributed by atoms with van der Waals surface area (Å²) < 4.78 is 6.06. The Hall–Kier alpha value is -3.92. The molecule has 3 fully saturated rings. The van der Waals surface area contributed by atoms with Crippen molar-refractivity contribution < 1.29 is 28.9 Å². The number of non-ortho nitro benzene ring substituents is 1. The summed E-state index contributed by atoms with van der Waals surface area (Å²) in [5.41, 5.74) is 1.83. The van der Waals surface area contributed by atoms with Gasteiger partial charge in [-0.05, 0) is 31.2 Å². The van der Waals surface area contributed by atoms with Crippen molar-refractivity contribution in [1.82, 2.24) is 0 Å². The molecule has 6 atom stereocenters. The fourth-order valence-electron chi connectivity index (χ4n) is 5.47. The van der Waals surface area contributed by atoms with Gasteiger partial charge in [-0.3, -0.25) is 24.5 Å². The Labute approximate surface area is 186 Å². The lowest BCUT2D eigenvalue weighted by Crippen LogP contribution is -2.45. The molecule has 166 valence electrons. The minimum Gasteiger partial charge on any atom is -0.389 e. The van der Waals surface area contributed by atoms with Gasteiger partial charge in [0, 0.05) is 23.3 Å². The van der Waals surface area contributed by atoms with Gasteiger partial charge in [0.25, 0.3) is 5.69 Å². The maximum Gasteiger partial charge on any atom is 0.270 e. The van der Waals surface area contributed by atoms with Crippen molar-refractivity contribution in [1.29, 1.82) is 0 Å². The van der Waals surface area contributed by atoms with Gasteiger partial charge in [0.05, 0.1) is 40.2 Å². The van der Waals surface area contributed by atoms with Crippen LogP contribution in [0.3, 0.4) is 0 Å². The first-order chi connectivity index (χ1) is 15.9. The van der Waals surface area contributed by atoms with Crippen LogP contribution in [0.25, 0.3) is 0 Å². The summed E-state index contributed by atoms with van der Waals surface area (Å²) in [5, 5.41) is 15.3. The Kier molecular flexibility index (Phi) is 4.06. The number of amides is 2. The molecule has 2 bridgehead atoms. The van der Waals surface area contributed by atoms with Gasteiger partial charge in [0.1, 0.15) is 6.10 Å². The molecule has 0 spiro atoms. The molecule has 0 aromatic heterocycles. The standard InChI is InChI=1S/C23H17N3O7/c1-10(27)11-5-7-13(8-6-11)25-22(28)15-16(23(25)29)20-21-17(19(15)32-20)18(24-33-21)12-3-2-4-14(9-12)26(30)31/h2-9,15-17,19-21H,1H3/t15-,16+,17-,19+,20-,21-/m0/s1. The molecule has 10 nitrogen and oxygen atoms in total. The summed E-state index contributed by atoms with van der Waals surface area (Å²) in [5.74, 6) is -2.62. The molecule has 2 amide bonds. The number of nitrogens with zero attached hydrogens (tertiary/aromatic N) is 3. The number of imide groups is 1. The molecule has 3 saturated heterocycles. The number of rotatable bonds is 4. The molecule has 0 radical (unpaired) electrons. The van der Waals surface area contributed by atoms with E-state index in [1.807, 2.05) is 0 Å². The molecule has 4 aliphatic rings. The highest BCUT2D eigenvalue weighted by molar-refractivity contribution is 6.23. The number of Topliss-reactive ketones (excluding diaryl/α,β-unsaturated/α-hetero) is 1. The summed E-state index contributed by atoms with van der Waals surface area (Å²) in [6, 6.07) is 12.4. The number of nitro benzene ring substituents is 1. The number of fused-ring (bicyclic) bond motifs is 8. The summed E-state index contributed by atoms with van der Waals surface area (Å²) >= 11 is 0. The first kappa shape index (κ1) is 19.7. The van der Waals surface area contributed by atoms with Crippen LogP contribution in [-0.2, 0) is 19.2 Å². The topological polar surface area (TPSA) is 128 Å². The SMILES string of the molecule is CC(=O)c1ccc(N2C(=O)[C@@H]3[C@H]4O[C@H]([C@H]5ON=C(c6cccc([N+](=O)[O-])c6)[C@H]54)[C@@H]3C2=O)cc1. The minimum atomic E-state index is -0.693. The van der Waals surface area contributed by atoms with Crippen molar-refractivity contribution >= 4 is 34.7 Å². The summed E-state index contributed by atoms with van der Waals surface area (Å²) in [6.07, 6.45) is -1.80. The Bertz CT molecular complexity index is 1270. The van der Waals surface area contributed by atoms with E-state index in [1.54, 1.807) is 36.4 Å². The molecule has 0 aliphatic carbocycles. The van der Waals surface area contributed by atoms with E-state index in [4.69, 9.17) is 9.57 Å². The lowest BCUT2D eigenvalue weighted by atomic mass is 9.71. The smallest absolute Gasteiger partial charge is 0.270 e. The van der Waals surface area contributed by atoms with Crippen LogP contribution in [0, 0.1) is 27.9 Å². The number of carbonyl (C=O) groups excluding carboxylic acids is 3. The van der Waals surface area contributed by atoms with Crippen molar-refractivity contribution in [3.63, 3.8) is 0 Å². The average Bonchev–Trinajstić information content (AvgIpc) is 3.54. The van der Waals surface area contributed by atoms with Crippen LogP contribution in [0.15, 0.2) is 53.7 Å². The number of hydrogen-bond acceptors (Lipinski definition) is 8. The Balaban J connectivity index is 1.32. The second-order valence-electron chi connectivity index (χ2n) is 8.61. The monoisotopic (exact) mass is 447 g/mol. The first-order valence-corrected chi connectivity index (χ1v) is 10.5. The Morgan fingerprint density at radius 2 is 1.70 bits per heavy atom. The Morgan fingerprint density at radius 1 is 1.00 bits per heavy atom. The zero-order valence-electron chi connectivity index (χ0n) is 17.3. The molecule has 0 N–H and O–H groups in total. The largest absolute Gasteiger partial charge is 0.389 e. The van der Waals surface area contributed by atoms with Crippen LogP contribution < -0.4 is 4.90 Å². The van der Waals surface area contributed by atoms with Gasteiger partial charge in [-0.25, -0.2) is 4.90 Å². The number of ketones is 1. The van der Waals surface area contributed by atoms with Gasteiger partial charge in [0.2, 0.25) is 11.8 Å². The van der Waals surface area contributed by atoms with E-state index in [9.17, 15) is 24.5 Å². The van der Waals surface area contributed by atoms with Gasteiger partial charge in [-0.1, -0.05) is 17.3 Å². The molecule has 0 saturated carbocycles. The van der Waals surface area contributed by atoms with E-state index in [0.29, 0.717) is 22.5 Å². The lowest BCUT2D eigenvalue weighted by molar-refractivity contribution is -0.384. The van der Waals surface area contributed by atoms with Gasteiger partial charge in [0.15, 0.2) is 11.9 Å². The predicted octanol–water partition coefficient (Wildman–Crippen LogP) is 2.10. The van der Waals surface area contributed by atoms with E-state index in [0.717, 1.165) is 4.90 Å². The molecule has 10 heteroatoms. The molecule has 4 aliphatic heterocycles. The molecule has 0 unspecified atom stereocenters. The number of hydrogen-bond donors (Lipinski definition) is 0. The third-order valence-corrected chi connectivity index (χ3v) is 6.93. The molecular weight excluding hydrogens is 430 g/mol. The molecule has 4 heterocycles. The third kappa shape index (κ3) is 2.64. The van der Waals surface area contributed by atoms with E-state index < -0.39 is 41.0 Å². The molecule has 2 aromatic carbocycles. The second kappa shape index (κ2) is 6.79. The van der Waals surface area contributed by atoms with Crippen molar-refractivity contribution in [2.24, 2.45) is 22.9 Å². The first-order valence-electron chi connectivity index (χ1n) is 10.5. The van der Waals surface area contributed by atoms with E-state index in [2.05, 4.69) is 5.16 Å². The van der Waals surface area contributed by atoms with Gasteiger partial charge in [-0.2, -0.15) is 0 Å². The maximum atomic E-state index is 13.4. The van der Waals surface area contributed by atoms with Crippen LogP contribution >= 0.6 is 0 Å². The molecule has 6 rings (SSSR count). The highest BCUT2D eigenvalue weighted by Gasteiger charge is 2.72. The fourth-order valence-corrected chi connectivity index (χ4v) is 5.47. The van der Waals surface area contributed by atoms with Crippen LogP contribution in [-0.4, -0.2) is 46.5 Å². The zero-order chi connectivity index (χ0) is 23.0. The lowest BCUT2D eigenvalue weighted by Gasteiger charge is -2.26. The third-order valence-electron chi connectivity index (χ3n) is 6.93. The average molecular weight is 447 g/mol. The summed E-state index contributed by atoms with van der Waals surface area (Å²) in [4.78, 5) is 55.7. The summed E-state index contributed by atoms with van der Waals surface area (Å²) in [7, 11) is 0. The van der Waals surface area contributed by atoms with Gasteiger partial charge >= 0.3 is 0 Å². The van der Waals surface area contributed by atoms with E-state index >= 15 is 0 Å². The predicted molar refractivity (Wildman–Crippen MR) is 113 cm³/mol. The van der Waals surface area contributed by atoms with Crippen molar-refractivity contribution in [3.05, 3.63) is 69.8 Å². The van der Waals surface area contributed by atoms with Crippen LogP contribution in [0.2, 0.25) is 0 Å². The van der Waals surface area contributed by atoms with Crippen LogP contribution in [0.4, 0.5) is 11.4 Å². The van der Waals surface area contributed by atoms with Gasteiger partial charge < -0.3 is 9.57 Å². The highest BCUT2D eigenvalue weighted by Crippen LogP contribution is 2.55. The van der Waals surface area contributed by atoms with Gasteiger partial charge in [-0.15, -0.1) is 0 Å². The zero-order valence-corrected chi connectivity index (χ0v) is 17.3. The number of nitro groups is 1. The molecular formula is C23H17N3O7. The minimum absolute atomic E-state index is 0.0760. The Morgan fingerprint density at radius 3 is 2.36 bits per heavy atom. The number of anilines is 1. The fraction of sp³-hybridized carbons (Fsp3) is 0.304. The van der Waals surface area contributed by atoms with Crippen LogP contribution in [0.5, 0.6) is 0 Å².